The van der Waals surface area contributed by atoms with Crippen LogP contribution in [0, 0.1) is 0 Å². The second kappa shape index (κ2) is 6.62. The van der Waals surface area contributed by atoms with Crippen LogP contribution in [0.5, 0.6) is 0 Å². The second-order valence-corrected chi connectivity index (χ2v) is 5.97. The fraction of sp³-hybridized carbons (Fsp3) is 0.250. The quantitative estimate of drug-likeness (QED) is 0.575. The highest BCUT2D eigenvalue weighted by atomic mass is 32.1. The van der Waals surface area contributed by atoms with E-state index in [0.717, 1.165) is 29.4 Å². The summed E-state index contributed by atoms with van der Waals surface area (Å²) >= 11 is 1.73. The van der Waals surface area contributed by atoms with Gasteiger partial charge >= 0.3 is 0 Å². The van der Waals surface area contributed by atoms with Crippen LogP contribution >= 0.6 is 11.3 Å². The van der Waals surface area contributed by atoms with Gasteiger partial charge in [-0.15, -0.1) is 11.3 Å². The summed E-state index contributed by atoms with van der Waals surface area (Å²) in [5.41, 5.74) is 2.16. The minimum atomic E-state index is 0.634. The van der Waals surface area contributed by atoms with Crippen LogP contribution in [0.25, 0.3) is 11.0 Å². The zero-order chi connectivity index (χ0) is 15.4. The second-order valence-electron chi connectivity index (χ2n) is 4.93. The molecule has 0 saturated heterocycles. The number of imidazole rings is 1. The van der Waals surface area contributed by atoms with Gasteiger partial charge < -0.3 is 15.2 Å². The van der Waals surface area contributed by atoms with Gasteiger partial charge in [-0.2, -0.15) is 0 Å². The number of rotatable bonds is 4. The molecule has 0 bridgehead atoms. The molecule has 22 heavy (non-hydrogen) atoms. The van der Waals surface area contributed by atoms with Gasteiger partial charge in [-0.25, -0.2) is 4.98 Å². The highest BCUT2D eigenvalue weighted by Crippen LogP contribution is 2.13. The molecule has 114 valence electrons. The number of nitrogens with one attached hydrogen (secondary N) is 2. The molecule has 6 heteroatoms. The molecular weight excluding hydrogens is 294 g/mol. The monoisotopic (exact) mass is 313 g/mol. The molecule has 3 aromatic rings. The van der Waals surface area contributed by atoms with Gasteiger partial charge in [0.25, 0.3) is 0 Å². The summed E-state index contributed by atoms with van der Waals surface area (Å²) in [4.78, 5) is 10.2. The average molecular weight is 313 g/mol. The Balaban J connectivity index is 1.63. The minimum Gasteiger partial charge on any atom is -0.352 e. The highest BCUT2D eigenvalue weighted by Gasteiger charge is 2.07. The number of fused-ring (bicyclic) bond motifs is 1. The molecule has 2 aromatic heterocycles. The normalized spacial score (nSPS) is 11.8. The number of aliphatic imine (C=N–C) groups is 1. The first-order chi connectivity index (χ1) is 10.8. The van der Waals surface area contributed by atoms with Crippen molar-refractivity contribution >= 4 is 28.3 Å². The molecule has 0 fully saturated rings. The number of thiophene rings is 1. The maximum atomic E-state index is 4.65. The molecule has 1 aromatic carbocycles. The first kappa shape index (κ1) is 14.6. The minimum absolute atomic E-state index is 0.634. The number of hydrogen-bond donors (Lipinski definition) is 2. The van der Waals surface area contributed by atoms with Crippen LogP contribution < -0.4 is 10.6 Å². The lowest BCUT2D eigenvalue weighted by Gasteiger charge is -2.11. The van der Waals surface area contributed by atoms with Gasteiger partial charge in [0, 0.05) is 19.0 Å². The Hall–Kier alpha value is -2.34. The van der Waals surface area contributed by atoms with Crippen molar-refractivity contribution in [1.29, 1.82) is 0 Å². The molecule has 0 aliphatic heterocycles. The van der Waals surface area contributed by atoms with Crippen molar-refractivity contribution < 1.29 is 0 Å². The number of para-hydroxylation sites is 2. The van der Waals surface area contributed by atoms with E-state index >= 15 is 0 Å². The van der Waals surface area contributed by atoms with Crippen LogP contribution in [0.4, 0.5) is 0 Å². The van der Waals surface area contributed by atoms with Crippen molar-refractivity contribution in [2.45, 2.75) is 13.1 Å². The summed E-state index contributed by atoms with van der Waals surface area (Å²) in [5, 5.41) is 8.69. The third-order valence-electron chi connectivity index (χ3n) is 3.53. The van der Waals surface area contributed by atoms with E-state index in [1.807, 2.05) is 25.2 Å². The molecule has 0 aliphatic carbocycles. The van der Waals surface area contributed by atoms with Crippen LogP contribution in [-0.2, 0) is 20.1 Å². The Morgan fingerprint density at radius 3 is 2.73 bits per heavy atom. The summed E-state index contributed by atoms with van der Waals surface area (Å²) in [6.45, 7) is 1.41. The van der Waals surface area contributed by atoms with Gasteiger partial charge in [0.15, 0.2) is 5.96 Å². The first-order valence-corrected chi connectivity index (χ1v) is 8.03. The Bertz CT molecular complexity index is 773. The lowest BCUT2D eigenvalue weighted by molar-refractivity contribution is 0.738. The lowest BCUT2D eigenvalue weighted by Crippen LogP contribution is -2.36. The standard InChI is InChI=1S/C16H19N5S/c1-17-16(18-10-12-6-5-9-22-12)19-11-15-20-13-7-3-4-8-14(13)21(15)2/h3-9H,10-11H2,1-2H3,(H2,17,18,19). The fourth-order valence-electron chi connectivity index (χ4n) is 2.32. The third-order valence-corrected chi connectivity index (χ3v) is 4.40. The molecule has 2 N–H and O–H groups in total. The maximum absolute atomic E-state index is 4.65. The van der Waals surface area contributed by atoms with Gasteiger partial charge in [0.1, 0.15) is 5.82 Å². The van der Waals surface area contributed by atoms with E-state index in [9.17, 15) is 0 Å². The molecule has 0 saturated carbocycles. The van der Waals surface area contributed by atoms with Crippen molar-refractivity contribution in [3.63, 3.8) is 0 Å². The van der Waals surface area contributed by atoms with Gasteiger partial charge in [0.2, 0.25) is 0 Å². The van der Waals surface area contributed by atoms with Gasteiger partial charge in [0.05, 0.1) is 24.1 Å². The van der Waals surface area contributed by atoms with E-state index in [1.54, 1.807) is 18.4 Å². The Labute approximate surface area is 133 Å². The largest absolute Gasteiger partial charge is 0.352 e. The van der Waals surface area contributed by atoms with E-state index in [1.165, 1.54) is 4.88 Å². The Kier molecular flexibility index (Phi) is 4.39. The smallest absolute Gasteiger partial charge is 0.191 e. The molecule has 0 unspecified atom stereocenters. The number of guanidine groups is 1. The molecular formula is C16H19N5S. The Morgan fingerprint density at radius 1 is 1.18 bits per heavy atom. The van der Waals surface area contributed by atoms with Crippen molar-refractivity contribution in [1.82, 2.24) is 20.2 Å². The average Bonchev–Trinajstić information content (AvgIpc) is 3.17. The summed E-state index contributed by atoms with van der Waals surface area (Å²) in [7, 11) is 3.81. The van der Waals surface area contributed by atoms with Gasteiger partial charge in [-0.1, -0.05) is 18.2 Å². The van der Waals surface area contributed by atoms with E-state index < -0.39 is 0 Å². The van der Waals surface area contributed by atoms with Crippen LogP contribution in [0.2, 0.25) is 0 Å². The number of aromatic nitrogens is 2. The maximum Gasteiger partial charge on any atom is 0.191 e. The van der Waals surface area contributed by atoms with Crippen LogP contribution in [-0.4, -0.2) is 22.6 Å². The Morgan fingerprint density at radius 2 is 2.00 bits per heavy atom. The topological polar surface area (TPSA) is 54.2 Å². The van der Waals surface area contributed by atoms with E-state index in [2.05, 4.69) is 48.8 Å². The van der Waals surface area contributed by atoms with Crippen LogP contribution in [0.1, 0.15) is 10.7 Å². The predicted molar refractivity (Wildman–Crippen MR) is 92.1 cm³/mol. The number of nitrogens with zero attached hydrogens (tertiary/aromatic N) is 3. The van der Waals surface area contributed by atoms with Crippen molar-refractivity contribution in [3.8, 4) is 0 Å². The van der Waals surface area contributed by atoms with E-state index in [0.29, 0.717) is 6.54 Å². The molecule has 3 rings (SSSR count). The number of benzene rings is 1. The molecule has 0 spiro atoms. The summed E-state index contributed by atoms with van der Waals surface area (Å²) in [6.07, 6.45) is 0. The summed E-state index contributed by atoms with van der Waals surface area (Å²) < 4.78 is 2.11. The lowest BCUT2D eigenvalue weighted by atomic mass is 10.3. The van der Waals surface area contributed by atoms with Crippen molar-refractivity contribution in [2.75, 3.05) is 7.05 Å². The zero-order valence-electron chi connectivity index (χ0n) is 12.7. The molecule has 0 atom stereocenters. The number of aryl methyl sites for hydroxylation is 1. The summed E-state index contributed by atoms with van der Waals surface area (Å²) in [6, 6.07) is 12.3. The fourth-order valence-corrected chi connectivity index (χ4v) is 2.97. The van der Waals surface area contributed by atoms with Crippen molar-refractivity contribution in [2.24, 2.45) is 12.0 Å². The number of hydrogen-bond acceptors (Lipinski definition) is 3. The van der Waals surface area contributed by atoms with Gasteiger partial charge in [-0.3, -0.25) is 4.99 Å². The van der Waals surface area contributed by atoms with E-state index in [4.69, 9.17) is 0 Å². The molecule has 0 radical (unpaired) electrons. The van der Waals surface area contributed by atoms with Crippen LogP contribution in [0.15, 0.2) is 46.8 Å². The summed E-state index contributed by atoms with van der Waals surface area (Å²) in [5.74, 6) is 1.76. The van der Waals surface area contributed by atoms with Gasteiger partial charge in [-0.05, 0) is 23.6 Å². The third kappa shape index (κ3) is 3.12. The molecule has 0 amide bonds. The van der Waals surface area contributed by atoms with Crippen molar-refractivity contribution in [3.05, 3.63) is 52.5 Å². The predicted octanol–water partition coefficient (Wildman–Crippen LogP) is 2.50. The highest BCUT2D eigenvalue weighted by molar-refractivity contribution is 7.09. The SMILES string of the molecule is CN=C(NCc1cccs1)NCc1nc2ccccc2n1C. The van der Waals surface area contributed by atoms with E-state index in [-0.39, 0.29) is 0 Å². The molecule has 2 heterocycles. The van der Waals surface area contributed by atoms with Crippen LogP contribution in [0.3, 0.4) is 0 Å². The molecule has 5 nitrogen and oxygen atoms in total. The zero-order valence-corrected chi connectivity index (χ0v) is 13.5. The molecule has 0 aliphatic rings. The first-order valence-electron chi connectivity index (χ1n) is 7.15.